The van der Waals surface area contributed by atoms with Crippen LogP contribution in [0.5, 0.6) is 0 Å². The number of hydrogen-bond donors (Lipinski definition) is 0. The van der Waals surface area contributed by atoms with E-state index in [2.05, 4.69) is 26.9 Å². The quantitative estimate of drug-likeness (QED) is 0.796. The number of carbonyl (C=O) groups is 1. The van der Waals surface area contributed by atoms with Gasteiger partial charge < -0.3 is 4.90 Å². The molecule has 6 nitrogen and oxygen atoms in total. The first-order valence-corrected chi connectivity index (χ1v) is 9.84. The van der Waals surface area contributed by atoms with Crippen LogP contribution in [0.4, 0.5) is 0 Å². The summed E-state index contributed by atoms with van der Waals surface area (Å²) in [6, 6.07) is 0.387. The summed E-state index contributed by atoms with van der Waals surface area (Å²) in [5, 5.41) is 5.17. The first-order valence-electron chi connectivity index (χ1n) is 8.61. The van der Waals surface area contributed by atoms with Crippen molar-refractivity contribution in [2.75, 3.05) is 12.8 Å². The Bertz CT molecular complexity index is 757. The predicted octanol–water partition coefficient (Wildman–Crippen LogP) is 2.80. The van der Waals surface area contributed by atoms with Gasteiger partial charge in [-0.3, -0.25) is 4.79 Å². The fourth-order valence-corrected chi connectivity index (χ4v) is 3.87. The number of aromatic nitrogens is 4. The highest BCUT2D eigenvalue weighted by Crippen LogP contribution is 2.22. The van der Waals surface area contributed by atoms with Crippen LogP contribution in [0.25, 0.3) is 5.78 Å². The lowest BCUT2D eigenvalue weighted by Crippen LogP contribution is -2.44. The molecule has 0 N–H and O–H groups in total. The molecular weight excluding hydrogens is 322 g/mol. The van der Waals surface area contributed by atoms with E-state index in [1.165, 1.54) is 18.2 Å². The molecule has 0 bridgehead atoms. The third-order valence-electron chi connectivity index (χ3n) is 4.96. The van der Waals surface area contributed by atoms with Crippen LogP contribution in [0, 0.1) is 13.8 Å². The molecule has 7 heteroatoms. The molecule has 0 spiro atoms. The maximum atomic E-state index is 12.9. The van der Waals surface area contributed by atoms with Gasteiger partial charge in [0.05, 0.1) is 6.42 Å². The van der Waals surface area contributed by atoms with E-state index >= 15 is 0 Å². The molecule has 3 rings (SSSR count). The molecule has 0 aliphatic carbocycles. The van der Waals surface area contributed by atoms with E-state index in [9.17, 15) is 4.79 Å². The van der Waals surface area contributed by atoms with Crippen molar-refractivity contribution in [1.82, 2.24) is 24.5 Å². The minimum Gasteiger partial charge on any atom is -0.339 e. The van der Waals surface area contributed by atoms with Gasteiger partial charge in [-0.05, 0) is 45.8 Å². The molecule has 1 fully saturated rings. The van der Waals surface area contributed by atoms with Gasteiger partial charge >= 0.3 is 0 Å². The van der Waals surface area contributed by atoms with Crippen LogP contribution < -0.4 is 0 Å². The minimum atomic E-state index is 0.208. The molecule has 1 aliphatic rings. The number of hydrogen-bond acceptors (Lipinski definition) is 5. The van der Waals surface area contributed by atoms with E-state index in [1.807, 2.05) is 20.1 Å². The van der Waals surface area contributed by atoms with E-state index in [-0.39, 0.29) is 5.91 Å². The van der Waals surface area contributed by atoms with Crippen LogP contribution in [0.3, 0.4) is 0 Å². The standard InChI is InChI=1S/C17H25N5OS/c1-5-13-8-6-7-9-21(13)15(23)10-14-11(2)18-16-19-17(24-4)20-22(16)12(14)3/h13H,5-10H2,1-4H3. The lowest BCUT2D eigenvalue weighted by molar-refractivity contribution is -0.134. The lowest BCUT2D eigenvalue weighted by atomic mass is 9.98. The van der Waals surface area contributed by atoms with E-state index in [4.69, 9.17) is 0 Å². The van der Waals surface area contributed by atoms with Crippen LogP contribution in [-0.2, 0) is 11.2 Å². The van der Waals surface area contributed by atoms with Crippen molar-refractivity contribution in [1.29, 1.82) is 0 Å². The molecule has 1 amide bonds. The summed E-state index contributed by atoms with van der Waals surface area (Å²) in [6.45, 7) is 7.00. The van der Waals surface area contributed by atoms with Crippen LogP contribution in [0.1, 0.15) is 49.6 Å². The van der Waals surface area contributed by atoms with Crippen molar-refractivity contribution in [3.63, 3.8) is 0 Å². The lowest BCUT2D eigenvalue weighted by Gasteiger charge is -2.35. The van der Waals surface area contributed by atoms with E-state index < -0.39 is 0 Å². The summed E-state index contributed by atoms with van der Waals surface area (Å²) in [7, 11) is 0. The Balaban J connectivity index is 1.90. The van der Waals surface area contributed by atoms with Gasteiger partial charge in [0.15, 0.2) is 0 Å². The highest BCUT2D eigenvalue weighted by molar-refractivity contribution is 7.98. The molecule has 130 valence electrons. The predicted molar refractivity (Wildman–Crippen MR) is 95.4 cm³/mol. The molecule has 2 aromatic rings. The molecule has 0 radical (unpaired) electrons. The number of rotatable bonds is 4. The monoisotopic (exact) mass is 347 g/mol. The van der Waals surface area contributed by atoms with Gasteiger partial charge in [0, 0.05) is 29.5 Å². The molecule has 0 aromatic carbocycles. The molecular formula is C17H25N5OS. The van der Waals surface area contributed by atoms with E-state index in [0.29, 0.717) is 23.4 Å². The summed E-state index contributed by atoms with van der Waals surface area (Å²) in [4.78, 5) is 23.9. The zero-order chi connectivity index (χ0) is 17.3. The highest BCUT2D eigenvalue weighted by Gasteiger charge is 2.26. The summed E-state index contributed by atoms with van der Waals surface area (Å²) in [5.74, 6) is 0.814. The Morgan fingerprint density at radius 3 is 2.79 bits per heavy atom. The fourth-order valence-electron chi connectivity index (χ4n) is 3.54. The zero-order valence-corrected chi connectivity index (χ0v) is 15.7. The van der Waals surface area contributed by atoms with E-state index in [0.717, 1.165) is 42.8 Å². The van der Waals surface area contributed by atoms with Crippen LogP contribution >= 0.6 is 11.8 Å². The van der Waals surface area contributed by atoms with Gasteiger partial charge in [-0.1, -0.05) is 18.7 Å². The Kier molecular flexibility index (Phi) is 5.08. The average molecular weight is 347 g/mol. The molecule has 1 aliphatic heterocycles. The summed E-state index contributed by atoms with van der Waals surface area (Å²) in [5.41, 5.74) is 2.81. The second kappa shape index (κ2) is 7.09. The van der Waals surface area contributed by atoms with Crippen molar-refractivity contribution in [3.8, 4) is 0 Å². The number of amides is 1. The third-order valence-corrected chi connectivity index (χ3v) is 5.50. The van der Waals surface area contributed by atoms with Crippen molar-refractivity contribution >= 4 is 23.4 Å². The number of aryl methyl sites for hydroxylation is 2. The SMILES string of the molecule is CCC1CCCCN1C(=O)Cc1c(C)nc2nc(SC)nn2c1C. The summed E-state index contributed by atoms with van der Waals surface area (Å²) in [6.07, 6.45) is 6.83. The molecule has 3 heterocycles. The molecule has 1 unspecified atom stereocenters. The Hall–Kier alpha value is -1.63. The summed E-state index contributed by atoms with van der Waals surface area (Å²) < 4.78 is 1.76. The zero-order valence-electron chi connectivity index (χ0n) is 14.9. The molecule has 0 saturated carbocycles. The van der Waals surface area contributed by atoms with Crippen LogP contribution in [0.2, 0.25) is 0 Å². The van der Waals surface area contributed by atoms with Crippen molar-refractivity contribution in [3.05, 3.63) is 17.0 Å². The van der Waals surface area contributed by atoms with Gasteiger partial charge in [0.25, 0.3) is 5.78 Å². The van der Waals surface area contributed by atoms with Gasteiger partial charge in [-0.25, -0.2) is 9.50 Å². The second-order valence-corrected chi connectivity index (χ2v) is 7.17. The second-order valence-electron chi connectivity index (χ2n) is 6.39. The maximum Gasteiger partial charge on any atom is 0.253 e. The molecule has 24 heavy (non-hydrogen) atoms. The number of fused-ring (bicyclic) bond motifs is 1. The van der Waals surface area contributed by atoms with Gasteiger partial charge in [-0.2, -0.15) is 4.98 Å². The van der Waals surface area contributed by atoms with Crippen LogP contribution in [-0.4, -0.2) is 49.2 Å². The van der Waals surface area contributed by atoms with Crippen molar-refractivity contribution in [2.45, 2.75) is 64.1 Å². The molecule has 2 aromatic heterocycles. The van der Waals surface area contributed by atoms with Gasteiger partial charge in [0.1, 0.15) is 0 Å². The number of piperidine rings is 1. The largest absolute Gasteiger partial charge is 0.339 e. The maximum absolute atomic E-state index is 12.9. The van der Waals surface area contributed by atoms with Gasteiger partial charge in [-0.15, -0.1) is 5.10 Å². The number of likely N-dealkylation sites (tertiary alicyclic amines) is 1. The van der Waals surface area contributed by atoms with Crippen molar-refractivity contribution < 1.29 is 4.79 Å². The third kappa shape index (κ3) is 3.14. The first-order chi connectivity index (χ1) is 11.5. The topological polar surface area (TPSA) is 63.4 Å². The fraction of sp³-hybridized carbons (Fsp3) is 0.647. The van der Waals surface area contributed by atoms with E-state index in [1.54, 1.807) is 4.52 Å². The Morgan fingerprint density at radius 1 is 1.29 bits per heavy atom. The average Bonchev–Trinajstić information content (AvgIpc) is 3.01. The Labute approximate surface area is 147 Å². The molecule has 1 atom stereocenters. The van der Waals surface area contributed by atoms with Crippen LogP contribution in [0.15, 0.2) is 5.16 Å². The number of carbonyl (C=O) groups excluding carboxylic acids is 1. The van der Waals surface area contributed by atoms with Gasteiger partial charge in [0.2, 0.25) is 11.1 Å². The summed E-state index contributed by atoms with van der Waals surface area (Å²) >= 11 is 1.50. The number of thioether (sulfide) groups is 1. The highest BCUT2D eigenvalue weighted by atomic mass is 32.2. The Morgan fingerprint density at radius 2 is 2.08 bits per heavy atom. The minimum absolute atomic E-state index is 0.208. The smallest absolute Gasteiger partial charge is 0.253 e. The number of nitrogens with zero attached hydrogens (tertiary/aromatic N) is 5. The first kappa shape index (κ1) is 17.2. The normalized spacial score (nSPS) is 18.3. The molecule has 1 saturated heterocycles. The van der Waals surface area contributed by atoms with Crippen molar-refractivity contribution in [2.24, 2.45) is 0 Å².